The van der Waals surface area contributed by atoms with E-state index in [0.29, 0.717) is 29.9 Å². The molecular formula is C18H22F6O4S. The Morgan fingerprint density at radius 3 is 1.86 bits per heavy atom. The van der Waals surface area contributed by atoms with Crippen LogP contribution in [0.5, 0.6) is 5.75 Å². The SMILES string of the molecule is CCC(F)(F)C(F)(F)C(F)(F)SOOOc1c(C(C)C)cc(C=O)cc1C(C)C. The summed E-state index contributed by atoms with van der Waals surface area (Å²) in [7, 11) is 0. The summed E-state index contributed by atoms with van der Waals surface area (Å²) < 4.78 is 84.2. The molecule has 0 saturated heterocycles. The molecule has 29 heavy (non-hydrogen) atoms. The zero-order chi connectivity index (χ0) is 22.6. The maximum Gasteiger partial charge on any atom is 0.389 e. The molecule has 0 aliphatic heterocycles. The van der Waals surface area contributed by atoms with Crippen LogP contribution in [0.1, 0.15) is 74.4 Å². The number of hydrogen-bond acceptors (Lipinski definition) is 5. The number of alkyl halides is 6. The summed E-state index contributed by atoms with van der Waals surface area (Å²) in [5.41, 5.74) is 1.29. The van der Waals surface area contributed by atoms with Gasteiger partial charge in [0.1, 0.15) is 18.3 Å². The van der Waals surface area contributed by atoms with Gasteiger partial charge in [0.15, 0.2) is 5.75 Å². The third-order valence-corrected chi connectivity index (χ3v) is 4.69. The van der Waals surface area contributed by atoms with Gasteiger partial charge in [0, 0.05) is 23.1 Å². The molecule has 166 valence electrons. The summed E-state index contributed by atoms with van der Waals surface area (Å²) in [4.78, 5) is 16.0. The quantitative estimate of drug-likeness (QED) is 0.0919. The van der Waals surface area contributed by atoms with E-state index in [1.165, 1.54) is 12.1 Å². The first-order valence-corrected chi connectivity index (χ1v) is 9.41. The lowest BCUT2D eigenvalue weighted by Crippen LogP contribution is -2.52. The van der Waals surface area contributed by atoms with Crippen LogP contribution >= 0.6 is 12.0 Å². The molecular weight excluding hydrogens is 426 g/mol. The van der Waals surface area contributed by atoms with Gasteiger partial charge in [-0.3, -0.25) is 4.79 Å². The van der Waals surface area contributed by atoms with Crippen molar-refractivity contribution in [1.82, 2.24) is 0 Å². The lowest BCUT2D eigenvalue weighted by Gasteiger charge is -2.30. The molecule has 0 amide bonds. The van der Waals surface area contributed by atoms with Crippen molar-refractivity contribution in [2.45, 2.75) is 70.0 Å². The molecule has 0 aliphatic carbocycles. The van der Waals surface area contributed by atoms with Gasteiger partial charge in [-0.25, -0.2) is 0 Å². The summed E-state index contributed by atoms with van der Waals surface area (Å²) >= 11 is -1.28. The maximum atomic E-state index is 13.6. The van der Waals surface area contributed by atoms with Crippen molar-refractivity contribution in [2.75, 3.05) is 0 Å². The van der Waals surface area contributed by atoms with E-state index in [0.717, 1.165) is 0 Å². The maximum absolute atomic E-state index is 13.6. The van der Waals surface area contributed by atoms with Gasteiger partial charge in [-0.2, -0.15) is 26.3 Å². The lowest BCUT2D eigenvalue weighted by atomic mass is 9.92. The molecule has 0 fully saturated rings. The number of halogens is 6. The third kappa shape index (κ3) is 5.58. The predicted octanol–water partition coefficient (Wildman–Crippen LogP) is 6.91. The Morgan fingerprint density at radius 2 is 1.48 bits per heavy atom. The minimum Gasteiger partial charge on any atom is -0.307 e. The standard InChI is InChI=1S/C18H22F6O4S/c1-6-16(19,20)17(21,22)18(23,24)29-28-27-26-15-13(10(2)3)7-12(9-25)8-14(15)11(4)5/h7-11H,6H2,1-5H3. The number of carbonyl (C=O) groups excluding carboxylic acids is 1. The van der Waals surface area contributed by atoms with E-state index in [2.05, 4.69) is 9.37 Å². The van der Waals surface area contributed by atoms with Crippen LogP contribution in [-0.4, -0.2) is 23.4 Å². The second-order valence-electron chi connectivity index (χ2n) is 6.91. The Balaban J connectivity index is 2.98. The Bertz CT molecular complexity index is 681. The Hall–Kier alpha value is -1.46. The molecule has 1 aromatic carbocycles. The Morgan fingerprint density at radius 1 is 1.00 bits per heavy atom. The molecule has 0 unspecified atom stereocenters. The van der Waals surface area contributed by atoms with Crippen molar-refractivity contribution in [2.24, 2.45) is 0 Å². The van der Waals surface area contributed by atoms with Gasteiger partial charge in [-0.15, -0.1) is 4.33 Å². The third-order valence-electron chi connectivity index (χ3n) is 4.10. The molecule has 0 aliphatic rings. The summed E-state index contributed by atoms with van der Waals surface area (Å²) in [6.45, 7) is 7.70. The summed E-state index contributed by atoms with van der Waals surface area (Å²) in [6, 6.07) is 2.97. The minimum absolute atomic E-state index is 0.0511. The van der Waals surface area contributed by atoms with E-state index in [1.807, 2.05) is 0 Å². The van der Waals surface area contributed by atoms with Crippen LogP contribution in [0.25, 0.3) is 0 Å². The van der Waals surface area contributed by atoms with Gasteiger partial charge < -0.3 is 4.89 Å². The molecule has 0 radical (unpaired) electrons. The number of aldehydes is 1. The summed E-state index contributed by atoms with van der Waals surface area (Å²) in [6.07, 6.45) is -0.878. The van der Waals surface area contributed by atoms with Crippen molar-refractivity contribution in [1.29, 1.82) is 0 Å². The smallest absolute Gasteiger partial charge is 0.307 e. The predicted molar refractivity (Wildman–Crippen MR) is 95.5 cm³/mol. The highest BCUT2D eigenvalue weighted by molar-refractivity contribution is 7.95. The van der Waals surface area contributed by atoms with Crippen LogP contribution in [0.2, 0.25) is 0 Å². The molecule has 0 saturated carbocycles. The molecule has 4 nitrogen and oxygen atoms in total. The van der Waals surface area contributed by atoms with E-state index in [9.17, 15) is 31.1 Å². The van der Waals surface area contributed by atoms with Crippen LogP contribution in [0.3, 0.4) is 0 Å². The van der Waals surface area contributed by atoms with E-state index in [1.54, 1.807) is 27.7 Å². The average molecular weight is 448 g/mol. The second kappa shape index (κ2) is 9.57. The van der Waals surface area contributed by atoms with Crippen LogP contribution in [0.15, 0.2) is 12.1 Å². The highest BCUT2D eigenvalue weighted by Gasteiger charge is 2.72. The first-order chi connectivity index (χ1) is 13.2. The van der Waals surface area contributed by atoms with Gasteiger partial charge >= 0.3 is 17.1 Å². The van der Waals surface area contributed by atoms with E-state index in [-0.39, 0.29) is 17.6 Å². The van der Waals surface area contributed by atoms with Gasteiger partial charge in [-0.1, -0.05) is 34.6 Å². The van der Waals surface area contributed by atoms with Crippen LogP contribution in [0, 0.1) is 0 Å². The zero-order valence-corrected chi connectivity index (χ0v) is 17.2. The zero-order valence-electron chi connectivity index (χ0n) is 16.4. The molecule has 0 heterocycles. The van der Waals surface area contributed by atoms with Crippen molar-refractivity contribution < 1.29 is 45.4 Å². The highest BCUT2D eigenvalue weighted by atomic mass is 32.2. The monoisotopic (exact) mass is 448 g/mol. The molecule has 0 aromatic heterocycles. The molecule has 0 bridgehead atoms. The van der Waals surface area contributed by atoms with E-state index in [4.69, 9.17) is 4.89 Å². The molecule has 0 atom stereocenters. The minimum atomic E-state index is -5.68. The van der Waals surface area contributed by atoms with Gasteiger partial charge in [0.25, 0.3) is 0 Å². The number of hydrogen-bond donors (Lipinski definition) is 0. The summed E-state index contributed by atoms with van der Waals surface area (Å²) in [5, 5.41) is -1.12. The number of rotatable bonds is 11. The van der Waals surface area contributed by atoms with Crippen LogP contribution in [-0.2, 0) is 9.37 Å². The van der Waals surface area contributed by atoms with Crippen molar-refractivity contribution in [3.8, 4) is 5.75 Å². The molecule has 1 aromatic rings. The van der Waals surface area contributed by atoms with E-state index >= 15 is 0 Å². The second-order valence-corrected chi connectivity index (χ2v) is 7.72. The van der Waals surface area contributed by atoms with Gasteiger partial charge in [0.2, 0.25) is 0 Å². The lowest BCUT2D eigenvalue weighted by molar-refractivity contribution is -0.407. The van der Waals surface area contributed by atoms with E-state index < -0.39 is 35.6 Å². The van der Waals surface area contributed by atoms with Gasteiger partial charge in [-0.05, 0) is 29.0 Å². The number of carbonyl (C=O) groups is 1. The van der Waals surface area contributed by atoms with Crippen molar-refractivity contribution in [3.63, 3.8) is 0 Å². The fourth-order valence-corrected chi connectivity index (χ4v) is 2.71. The normalized spacial score (nSPS) is 13.3. The Labute approximate surface area is 168 Å². The molecule has 0 N–H and O–H groups in total. The fourth-order valence-electron chi connectivity index (χ4n) is 2.31. The molecule has 0 spiro atoms. The van der Waals surface area contributed by atoms with Crippen molar-refractivity contribution >= 4 is 18.3 Å². The molecule has 11 heteroatoms. The van der Waals surface area contributed by atoms with Crippen LogP contribution < -0.4 is 4.89 Å². The highest BCUT2D eigenvalue weighted by Crippen LogP contribution is 2.52. The summed E-state index contributed by atoms with van der Waals surface area (Å²) in [5.74, 6) is -11.0. The van der Waals surface area contributed by atoms with Gasteiger partial charge in [0.05, 0.1) is 0 Å². The van der Waals surface area contributed by atoms with Crippen molar-refractivity contribution in [3.05, 3.63) is 28.8 Å². The first kappa shape index (κ1) is 25.6. The average Bonchev–Trinajstić information content (AvgIpc) is 2.63. The Kier molecular flexibility index (Phi) is 8.44. The van der Waals surface area contributed by atoms with Crippen LogP contribution in [0.4, 0.5) is 26.3 Å². The molecule has 1 rings (SSSR count). The fraction of sp³-hybridized carbons (Fsp3) is 0.611. The first-order valence-electron chi connectivity index (χ1n) is 8.67. The largest absolute Gasteiger partial charge is 0.389 e. The topological polar surface area (TPSA) is 44.8 Å². The number of benzene rings is 1.